The lowest BCUT2D eigenvalue weighted by Crippen LogP contribution is -2.28. The highest BCUT2D eigenvalue weighted by molar-refractivity contribution is 5.73. The molecule has 3 atom stereocenters. The van der Waals surface area contributed by atoms with Crippen molar-refractivity contribution in [1.29, 1.82) is 0 Å². The summed E-state index contributed by atoms with van der Waals surface area (Å²) in [5.41, 5.74) is 16.6. The molecule has 10 rings (SSSR count). The second-order valence-corrected chi connectivity index (χ2v) is 18.2. The second kappa shape index (κ2) is 20.9. The first-order valence-electron chi connectivity index (χ1n) is 23.5. The SMILES string of the molecule is CNCc1ccc(-c2cc(-c3nc(-c4ccc(=O)n(C5CCC(C)C5)c4)cnc3N)on2)cc1.Cc1ncc(-c2ccc(=O)n(C(C)C)c2)nc1-c1cc(-c2ccc(CN[C@H]3CCOC3)cc2)no1.[HH].[HH]. The van der Waals surface area contributed by atoms with E-state index in [2.05, 4.69) is 62.1 Å². The van der Waals surface area contributed by atoms with Gasteiger partial charge in [-0.15, -0.1) is 0 Å². The van der Waals surface area contributed by atoms with Crippen molar-refractivity contribution >= 4 is 5.82 Å². The van der Waals surface area contributed by atoms with Crippen LogP contribution in [0.25, 0.3) is 67.9 Å². The number of nitrogens with two attached hydrogens (primary N) is 1. The van der Waals surface area contributed by atoms with E-state index in [0.717, 1.165) is 85.6 Å². The number of hydrogen-bond donors (Lipinski definition) is 3. The van der Waals surface area contributed by atoms with E-state index < -0.39 is 0 Å². The van der Waals surface area contributed by atoms with Gasteiger partial charge in [-0.1, -0.05) is 65.8 Å². The monoisotopic (exact) mass is 931 g/mol. The van der Waals surface area contributed by atoms with Gasteiger partial charge >= 0.3 is 0 Å². The van der Waals surface area contributed by atoms with E-state index in [4.69, 9.17) is 29.5 Å². The third-order valence-electron chi connectivity index (χ3n) is 12.7. The van der Waals surface area contributed by atoms with E-state index in [1.807, 2.05) is 81.2 Å². The Morgan fingerprint density at radius 1 is 0.725 bits per heavy atom. The first kappa shape index (κ1) is 46.7. The Balaban J connectivity index is 0.000000203. The third-order valence-corrected chi connectivity index (χ3v) is 12.7. The van der Waals surface area contributed by atoms with Crippen molar-refractivity contribution in [3.63, 3.8) is 0 Å². The normalized spacial score (nSPS) is 16.8. The molecule has 0 bridgehead atoms. The molecule has 69 heavy (non-hydrogen) atoms. The Bertz CT molecular complexity index is 3160. The molecule has 2 fully saturated rings. The van der Waals surface area contributed by atoms with Gasteiger partial charge in [0, 0.05) is 99.6 Å². The molecule has 0 amide bonds. The number of rotatable bonds is 13. The van der Waals surface area contributed by atoms with Crippen LogP contribution >= 0.6 is 0 Å². The standard InChI is InChI=1S/C27H29N5O3.C26H28N6O2.2H2/c1-17(2)32-15-21(8-9-26(32)33)24-14-28-18(3)27(30-24)25-12-23(31-35-25)20-6-4-19(5-7-20)13-29-22-10-11-34-16-22;1-16-3-9-20(11-16)32-15-19(8-10-24(32)33)22-14-29-26(27)25(30-22)23-12-21(31-34-23)18-6-4-17(5-7-18)13-28-2;;/h4-9,12,14-15,17,22,29H,10-11,13,16H2,1-3H3;4-8,10,12,14-16,20,28H,3,9,11,13H2,1-2H3,(H2,27,29);2*1H/t22-;;;/m0.../s1. The highest BCUT2D eigenvalue weighted by atomic mass is 16.5. The summed E-state index contributed by atoms with van der Waals surface area (Å²) in [6.45, 7) is 11.3. The highest BCUT2D eigenvalue weighted by Crippen LogP contribution is 2.35. The summed E-state index contributed by atoms with van der Waals surface area (Å²) in [4.78, 5) is 43.0. The summed E-state index contributed by atoms with van der Waals surface area (Å²) in [6, 6.07) is 27.5. The summed E-state index contributed by atoms with van der Waals surface area (Å²) < 4.78 is 20.2. The zero-order chi connectivity index (χ0) is 48.0. The molecule has 4 N–H and O–H groups in total. The van der Waals surface area contributed by atoms with Crippen molar-refractivity contribution in [1.82, 2.24) is 50.0 Å². The Hall–Kier alpha value is -7.40. The predicted molar refractivity (Wildman–Crippen MR) is 270 cm³/mol. The fraction of sp³-hybridized carbons (Fsp3) is 0.321. The largest absolute Gasteiger partial charge is 0.382 e. The Morgan fingerprint density at radius 2 is 1.32 bits per heavy atom. The zero-order valence-electron chi connectivity index (χ0n) is 39.6. The summed E-state index contributed by atoms with van der Waals surface area (Å²) in [6.07, 6.45) is 11.3. The number of aryl methyl sites for hydroxylation is 1. The second-order valence-electron chi connectivity index (χ2n) is 18.2. The molecule has 6 aromatic heterocycles. The minimum atomic E-state index is -0.0433. The summed E-state index contributed by atoms with van der Waals surface area (Å²) >= 11 is 0. The van der Waals surface area contributed by atoms with Crippen LogP contribution in [0.5, 0.6) is 0 Å². The van der Waals surface area contributed by atoms with Gasteiger partial charge in [0.25, 0.3) is 11.1 Å². The highest BCUT2D eigenvalue weighted by Gasteiger charge is 2.24. The van der Waals surface area contributed by atoms with E-state index in [1.165, 1.54) is 11.1 Å². The minimum Gasteiger partial charge on any atom is -0.382 e. The van der Waals surface area contributed by atoms with Crippen LogP contribution in [-0.4, -0.2) is 65.7 Å². The molecule has 16 heteroatoms. The van der Waals surface area contributed by atoms with Crippen molar-refractivity contribution < 1.29 is 16.6 Å². The lowest BCUT2D eigenvalue weighted by Gasteiger charge is -2.15. The maximum absolute atomic E-state index is 12.5. The molecule has 1 saturated heterocycles. The number of benzene rings is 2. The number of nitrogen functional groups attached to an aromatic ring is 1. The molecular formula is C53H61N11O5. The van der Waals surface area contributed by atoms with Crippen molar-refractivity contribution in [2.75, 3.05) is 26.0 Å². The summed E-state index contributed by atoms with van der Waals surface area (Å²) in [5.74, 6) is 1.88. The first-order valence-corrected chi connectivity index (χ1v) is 23.5. The topological polar surface area (TPSA) is 207 Å². The molecule has 8 aromatic rings. The van der Waals surface area contributed by atoms with Gasteiger partial charge in [0.1, 0.15) is 17.1 Å². The zero-order valence-corrected chi connectivity index (χ0v) is 39.6. The number of nitrogens with zero attached hydrogens (tertiary/aromatic N) is 8. The molecule has 358 valence electrons. The predicted octanol–water partition coefficient (Wildman–Crippen LogP) is 9.18. The van der Waals surface area contributed by atoms with E-state index in [-0.39, 0.29) is 31.9 Å². The molecule has 2 aliphatic rings. The quantitative estimate of drug-likeness (QED) is 0.0986. The number of ether oxygens (including phenoxy) is 1. The molecule has 1 aliphatic heterocycles. The van der Waals surface area contributed by atoms with Crippen LogP contribution in [0.3, 0.4) is 0 Å². The van der Waals surface area contributed by atoms with Crippen molar-refractivity contribution in [3.8, 4) is 67.9 Å². The maximum Gasteiger partial charge on any atom is 0.250 e. The lowest BCUT2D eigenvalue weighted by atomic mass is 10.1. The van der Waals surface area contributed by atoms with Gasteiger partial charge in [0.15, 0.2) is 23.0 Å². The van der Waals surface area contributed by atoms with Gasteiger partial charge in [-0.3, -0.25) is 14.6 Å². The molecule has 2 aromatic carbocycles. The van der Waals surface area contributed by atoms with Gasteiger partial charge in [-0.25, -0.2) is 15.0 Å². The van der Waals surface area contributed by atoms with Crippen LogP contribution in [0.1, 0.15) is 78.2 Å². The van der Waals surface area contributed by atoms with Gasteiger partial charge in [-0.05, 0) is 82.7 Å². The third kappa shape index (κ3) is 10.8. The molecule has 1 aliphatic carbocycles. The summed E-state index contributed by atoms with van der Waals surface area (Å²) in [7, 11) is 1.92. The van der Waals surface area contributed by atoms with E-state index >= 15 is 0 Å². The molecule has 7 heterocycles. The van der Waals surface area contributed by atoms with Crippen molar-refractivity contribution in [2.45, 2.75) is 84.6 Å². The fourth-order valence-corrected chi connectivity index (χ4v) is 8.76. The summed E-state index contributed by atoms with van der Waals surface area (Å²) in [5, 5.41) is 15.1. The Labute approximate surface area is 403 Å². The van der Waals surface area contributed by atoms with Gasteiger partial charge < -0.3 is 39.3 Å². The van der Waals surface area contributed by atoms with E-state index in [1.54, 1.807) is 41.2 Å². The van der Waals surface area contributed by atoms with Crippen LogP contribution in [0.2, 0.25) is 0 Å². The van der Waals surface area contributed by atoms with E-state index in [0.29, 0.717) is 51.9 Å². The Morgan fingerprint density at radius 3 is 1.93 bits per heavy atom. The number of nitrogens with one attached hydrogen (secondary N) is 2. The number of anilines is 1. The van der Waals surface area contributed by atoms with Crippen LogP contribution in [0, 0.1) is 12.8 Å². The minimum absolute atomic E-state index is 0. The molecule has 0 spiro atoms. The first-order chi connectivity index (χ1) is 33.5. The molecular weight excluding hydrogens is 871 g/mol. The van der Waals surface area contributed by atoms with Crippen molar-refractivity contribution in [2.24, 2.45) is 5.92 Å². The molecule has 2 unspecified atom stereocenters. The molecule has 16 nitrogen and oxygen atoms in total. The van der Waals surface area contributed by atoms with Crippen LogP contribution in [-0.2, 0) is 17.8 Å². The smallest absolute Gasteiger partial charge is 0.250 e. The average molecular weight is 932 g/mol. The average Bonchev–Trinajstić information content (AvgIpc) is 4.22. The fourth-order valence-electron chi connectivity index (χ4n) is 8.76. The molecule has 1 saturated carbocycles. The Kier molecular flexibility index (Phi) is 14.1. The number of pyridine rings is 2. The van der Waals surface area contributed by atoms with Gasteiger partial charge in [-0.2, -0.15) is 0 Å². The van der Waals surface area contributed by atoms with Gasteiger partial charge in [0.2, 0.25) is 0 Å². The number of aromatic nitrogens is 8. The number of hydrogen-bond acceptors (Lipinski definition) is 14. The lowest BCUT2D eigenvalue weighted by molar-refractivity contribution is 0.190. The van der Waals surface area contributed by atoms with Crippen LogP contribution in [0.4, 0.5) is 5.82 Å². The molecule has 0 radical (unpaired) electrons. The van der Waals surface area contributed by atoms with Crippen LogP contribution < -0.4 is 27.5 Å². The van der Waals surface area contributed by atoms with Gasteiger partial charge in [0.05, 0.1) is 36.1 Å². The maximum atomic E-state index is 12.5. The van der Waals surface area contributed by atoms with E-state index in [9.17, 15) is 9.59 Å². The van der Waals surface area contributed by atoms with Crippen molar-refractivity contribution in [3.05, 3.63) is 147 Å². The van der Waals surface area contributed by atoms with Crippen LogP contribution in [0.15, 0.2) is 128 Å².